The largest absolute Gasteiger partial charge is 0.467 e. The van der Waals surface area contributed by atoms with Crippen LogP contribution >= 0.6 is 0 Å². The van der Waals surface area contributed by atoms with Crippen LogP contribution in [0.25, 0.3) is 0 Å². The Labute approximate surface area is 167 Å². The van der Waals surface area contributed by atoms with Crippen molar-refractivity contribution in [2.24, 2.45) is 5.92 Å². The molecule has 0 radical (unpaired) electrons. The Morgan fingerprint density at radius 2 is 1.96 bits per heavy atom. The van der Waals surface area contributed by atoms with E-state index in [4.69, 9.17) is 14.2 Å². The minimum atomic E-state index is -1.24. The number of allylic oxidation sites excluding steroid dienone is 1. The molecule has 1 aromatic carbocycles. The van der Waals surface area contributed by atoms with Gasteiger partial charge in [0.2, 0.25) is 0 Å². The molecular formula is C22H31NO5. The average molecular weight is 389 g/mol. The molecule has 1 aliphatic rings. The molecule has 0 unspecified atom stereocenters. The van der Waals surface area contributed by atoms with Crippen LogP contribution in [-0.2, 0) is 25.6 Å². The topological polar surface area (TPSA) is 65.1 Å². The number of amides is 1. The lowest BCUT2D eigenvalue weighted by Crippen LogP contribution is -2.60. The first kappa shape index (κ1) is 22.0. The quantitative estimate of drug-likeness (QED) is 0.522. The Bertz CT molecular complexity index is 682. The molecule has 0 bridgehead atoms. The molecule has 6 heteroatoms. The van der Waals surface area contributed by atoms with Gasteiger partial charge in [-0.3, -0.25) is 4.90 Å². The van der Waals surface area contributed by atoms with E-state index in [1.807, 2.05) is 30.3 Å². The fraction of sp³-hybridized carbons (Fsp3) is 0.545. The highest BCUT2D eigenvalue weighted by Crippen LogP contribution is 2.40. The van der Waals surface area contributed by atoms with Crippen LogP contribution in [0.3, 0.4) is 0 Å². The molecule has 0 aliphatic carbocycles. The number of carbonyl (C=O) groups is 2. The second kappa shape index (κ2) is 9.24. The molecule has 1 heterocycles. The van der Waals surface area contributed by atoms with Crippen molar-refractivity contribution >= 4 is 12.1 Å². The molecule has 1 fully saturated rings. The van der Waals surface area contributed by atoms with Crippen LogP contribution in [0.1, 0.15) is 39.2 Å². The zero-order valence-corrected chi connectivity index (χ0v) is 17.3. The second-order valence-corrected chi connectivity index (χ2v) is 8.04. The molecule has 2 atom stereocenters. The lowest BCUT2D eigenvalue weighted by Gasteiger charge is -2.39. The molecule has 0 aromatic heterocycles. The minimum absolute atomic E-state index is 0.0340. The van der Waals surface area contributed by atoms with E-state index in [1.54, 1.807) is 26.8 Å². The summed E-state index contributed by atoms with van der Waals surface area (Å²) in [4.78, 5) is 27.3. The smallest absolute Gasteiger partial charge is 0.411 e. The molecule has 1 aromatic rings. The number of benzene rings is 1. The number of ether oxygens (including phenoxy) is 3. The summed E-state index contributed by atoms with van der Waals surface area (Å²) in [5.74, 6) is -0.642. The molecule has 1 saturated heterocycles. The number of hydrogen-bond donors (Lipinski definition) is 0. The first-order valence-electron chi connectivity index (χ1n) is 9.56. The Hall–Kier alpha value is -2.34. The van der Waals surface area contributed by atoms with E-state index in [0.717, 1.165) is 5.56 Å². The van der Waals surface area contributed by atoms with Crippen molar-refractivity contribution in [2.75, 3.05) is 20.3 Å². The van der Waals surface area contributed by atoms with Crippen molar-refractivity contribution in [3.8, 4) is 0 Å². The highest BCUT2D eigenvalue weighted by atomic mass is 16.6. The highest BCUT2D eigenvalue weighted by Gasteiger charge is 2.58. The first-order valence-corrected chi connectivity index (χ1v) is 9.56. The van der Waals surface area contributed by atoms with Crippen LogP contribution < -0.4 is 0 Å². The van der Waals surface area contributed by atoms with Gasteiger partial charge in [0.25, 0.3) is 0 Å². The van der Waals surface area contributed by atoms with E-state index in [-0.39, 0.29) is 12.5 Å². The molecule has 154 valence electrons. The van der Waals surface area contributed by atoms with Gasteiger partial charge >= 0.3 is 12.1 Å². The number of likely N-dealkylation sites (tertiary alicyclic amines) is 1. The van der Waals surface area contributed by atoms with Gasteiger partial charge in [0, 0.05) is 12.5 Å². The third-order valence-corrected chi connectivity index (χ3v) is 4.90. The normalized spacial score (nSPS) is 22.0. The Balaban J connectivity index is 2.30. The van der Waals surface area contributed by atoms with E-state index in [0.29, 0.717) is 26.0 Å². The van der Waals surface area contributed by atoms with Crippen molar-refractivity contribution in [2.45, 2.75) is 51.4 Å². The standard InChI is InChI=1S/C22H31NO5/c1-6-10-18-13-14-23(20(25)28-21(2,3)4)22(18,19(24)26-5)16-27-15-17-11-8-7-9-12-17/h6-9,11-12,18H,1,10,13-16H2,2-5H3/t18-,22-/m1/s1. The van der Waals surface area contributed by atoms with Crippen molar-refractivity contribution in [1.29, 1.82) is 0 Å². The van der Waals surface area contributed by atoms with E-state index in [1.165, 1.54) is 12.0 Å². The molecule has 2 rings (SSSR count). The van der Waals surface area contributed by atoms with Crippen LogP contribution in [-0.4, -0.2) is 48.4 Å². The minimum Gasteiger partial charge on any atom is -0.467 e. The van der Waals surface area contributed by atoms with Gasteiger partial charge in [0.1, 0.15) is 5.60 Å². The van der Waals surface area contributed by atoms with Gasteiger partial charge in [-0.1, -0.05) is 36.4 Å². The van der Waals surface area contributed by atoms with Crippen molar-refractivity contribution < 1.29 is 23.8 Å². The zero-order chi connectivity index (χ0) is 20.8. The van der Waals surface area contributed by atoms with Crippen molar-refractivity contribution in [1.82, 2.24) is 4.90 Å². The van der Waals surface area contributed by atoms with Gasteiger partial charge in [-0.15, -0.1) is 6.58 Å². The van der Waals surface area contributed by atoms with Gasteiger partial charge < -0.3 is 14.2 Å². The number of nitrogens with zero attached hydrogens (tertiary/aromatic N) is 1. The van der Waals surface area contributed by atoms with E-state index in [9.17, 15) is 9.59 Å². The summed E-state index contributed by atoms with van der Waals surface area (Å²) < 4.78 is 16.6. The van der Waals surface area contributed by atoms with Gasteiger partial charge in [-0.2, -0.15) is 0 Å². The summed E-state index contributed by atoms with van der Waals surface area (Å²) in [6.45, 7) is 9.97. The first-order chi connectivity index (χ1) is 13.2. The number of carbonyl (C=O) groups excluding carboxylic acids is 2. The third-order valence-electron chi connectivity index (χ3n) is 4.90. The maximum Gasteiger partial charge on any atom is 0.411 e. The fourth-order valence-corrected chi connectivity index (χ4v) is 3.64. The fourth-order valence-electron chi connectivity index (χ4n) is 3.64. The van der Waals surface area contributed by atoms with Crippen molar-refractivity contribution in [3.05, 3.63) is 48.6 Å². The van der Waals surface area contributed by atoms with Crippen LogP contribution in [0.15, 0.2) is 43.0 Å². The molecule has 1 aliphatic heterocycles. The maximum absolute atomic E-state index is 13.0. The van der Waals surface area contributed by atoms with Crippen LogP contribution in [0.4, 0.5) is 4.79 Å². The van der Waals surface area contributed by atoms with E-state index >= 15 is 0 Å². The molecule has 0 spiro atoms. The predicted octanol–water partition coefficient (Wildman–Crippen LogP) is 3.95. The van der Waals surface area contributed by atoms with Gasteiger partial charge in [0.15, 0.2) is 5.54 Å². The highest BCUT2D eigenvalue weighted by molar-refractivity contribution is 5.87. The van der Waals surface area contributed by atoms with Crippen LogP contribution in [0, 0.1) is 5.92 Å². The molecule has 6 nitrogen and oxygen atoms in total. The lowest BCUT2D eigenvalue weighted by atomic mass is 9.83. The summed E-state index contributed by atoms with van der Waals surface area (Å²) in [5, 5.41) is 0. The number of hydrogen-bond acceptors (Lipinski definition) is 5. The molecule has 0 N–H and O–H groups in total. The molecule has 0 saturated carbocycles. The summed E-state index contributed by atoms with van der Waals surface area (Å²) in [7, 11) is 1.33. The number of methoxy groups -OCH3 is 1. The van der Waals surface area contributed by atoms with Crippen LogP contribution in [0.2, 0.25) is 0 Å². The Morgan fingerprint density at radius 1 is 1.29 bits per heavy atom. The lowest BCUT2D eigenvalue weighted by molar-refractivity contribution is -0.161. The Morgan fingerprint density at radius 3 is 2.54 bits per heavy atom. The molecule has 28 heavy (non-hydrogen) atoms. The maximum atomic E-state index is 13.0. The second-order valence-electron chi connectivity index (χ2n) is 8.04. The zero-order valence-electron chi connectivity index (χ0n) is 17.3. The average Bonchev–Trinajstić information content (AvgIpc) is 3.00. The summed E-state index contributed by atoms with van der Waals surface area (Å²) in [6.07, 6.45) is 2.45. The SMILES string of the molecule is C=CC[C@@H]1CCN(C(=O)OC(C)(C)C)[C@@]1(COCc1ccccc1)C(=O)OC. The number of esters is 1. The predicted molar refractivity (Wildman–Crippen MR) is 107 cm³/mol. The van der Waals surface area contributed by atoms with E-state index < -0.39 is 23.2 Å². The third kappa shape index (κ3) is 4.93. The summed E-state index contributed by atoms with van der Waals surface area (Å²) >= 11 is 0. The molecule has 1 amide bonds. The van der Waals surface area contributed by atoms with Gasteiger partial charge in [-0.25, -0.2) is 9.59 Å². The summed E-state index contributed by atoms with van der Waals surface area (Å²) in [6, 6.07) is 9.69. The summed E-state index contributed by atoms with van der Waals surface area (Å²) in [5.41, 5.74) is -0.912. The Kier molecular flexibility index (Phi) is 7.24. The van der Waals surface area contributed by atoms with Crippen molar-refractivity contribution in [3.63, 3.8) is 0 Å². The van der Waals surface area contributed by atoms with E-state index in [2.05, 4.69) is 6.58 Å². The molecular weight excluding hydrogens is 358 g/mol. The number of rotatable bonds is 7. The van der Waals surface area contributed by atoms with Gasteiger partial charge in [0.05, 0.1) is 20.3 Å². The van der Waals surface area contributed by atoms with Crippen LogP contribution in [0.5, 0.6) is 0 Å². The van der Waals surface area contributed by atoms with Gasteiger partial charge in [-0.05, 0) is 39.2 Å². The monoisotopic (exact) mass is 389 g/mol.